The summed E-state index contributed by atoms with van der Waals surface area (Å²) >= 11 is 0. The molecule has 0 bridgehead atoms. The van der Waals surface area contributed by atoms with E-state index in [9.17, 15) is 9.59 Å². The highest BCUT2D eigenvalue weighted by molar-refractivity contribution is 6.13. The number of hydrogen-bond acceptors (Lipinski definition) is 4. The molecule has 8 heteroatoms. The normalized spacial score (nSPS) is 11.3. The number of aromatic amines is 2. The summed E-state index contributed by atoms with van der Waals surface area (Å²) in [4.78, 5) is 34.0. The molecule has 8 nitrogen and oxygen atoms in total. The van der Waals surface area contributed by atoms with Gasteiger partial charge in [0.1, 0.15) is 0 Å². The Kier molecular flexibility index (Phi) is 3.21. The zero-order chi connectivity index (χ0) is 17.7. The lowest BCUT2D eigenvalue weighted by Gasteiger charge is -2.08. The minimum absolute atomic E-state index is 0.246. The summed E-state index contributed by atoms with van der Waals surface area (Å²) in [7, 11) is 1.81. The molecule has 0 aliphatic heterocycles. The Hall–Kier alpha value is -3.42. The molecular weight excluding hydrogens is 320 g/mol. The fraction of sp³-hybridized carbons (Fsp3) is 0.176. The molecule has 0 unspecified atom stereocenters. The SMILES string of the molecule is Cc1cc(C(=O)Nc2ccc3[nH]c(=O)[nH]c3c2)c2c(C)nn(C)c2n1. The third-order valence-electron chi connectivity index (χ3n) is 4.12. The topological polar surface area (TPSA) is 108 Å². The van der Waals surface area contributed by atoms with Crippen molar-refractivity contribution in [3.63, 3.8) is 0 Å². The van der Waals surface area contributed by atoms with Gasteiger partial charge in [-0.15, -0.1) is 0 Å². The van der Waals surface area contributed by atoms with Crippen LogP contribution in [-0.2, 0) is 7.05 Å². The predicted molar refractivity (Wildman–Crippen MR) is 94.9 cm³/mol. The number of carbonyl (C=O) groups is 1. The van der Waals surface area contributed by atoms with Gasteiger partial charge in [-0.05, 0) is 38.1 Å². The van der Waals surface area contributed by atoms with Gasteiger partial charge in [-0.3, -0.25) is 9.48 Å². The van der Waals surface area contributed by atoms with Crippen molar-refractivity contribution in [2.45, 2.75) is 13.8 Å². The molecule has 0 aliphatic rings. The molecule has 0 saturated carbocycles. The molecule has 3 N–H and O–H groups in total. The monoisotopic (exact) mass is 336 g/mol. The fourth-order valence-corrected chi connectivity index (χ4v) is 3.06. The van der Waals surface area contributed by atoms with Gasteiger partial charge in [0.05, 0.1) is 27.7 Å². The maximum Gasteiger partial charge on any atom is 0.323 e. The van der Waals surface area contributed by atoms with Gasteiger partial charge in [0.25, 0.3) is 5.91 Å². The summed E-state index contributed by atoms with van der Waals surface area (Å²) in [5.41, 5.74) is 4.33. The van der Waals surface area contributed by atoms with Crippen molar-refractivity contribution in [2.75, 3.05) is 5.32 Å². The van der Waals surface area contributed by atoms with E-state index in [2.05, 4.69) is 25.4 Å². The molecule has 126 valence electrons. The van der Waals surface area contributed by atoms with Crippen LogP contribution in [0.3, 0.4) is 0 Å². The van der Waals surface area contributed by atoms with Crippen LogP contribution in [0.25, 0.3) is 22.1 Å². The number of amides is 1. The first kappa shape index (κ1) is 15.1. The third kappa shape index (κ3) is 2.47. The number of aromatic nitrogens is 5. The highest BCUT2D eigenvalue weighted by Gasteiger charge is 2.18. The molecule has 0 saturated heterocycles. The molecule has 4 aromatic rings. The second kappa shape index (κ2) is 5.30. The summed E-state index contributed by atoms with van der Waals surface area (Å²) in [6.07, 6.45) is 0. The average molecular weight is 336 g/mol. The van der Waals surface area contributed by atoms with Crippen LogP contribution in [-0.4, -0.2) is 30.6 Å². The Morgan fingerprint density at radius 2 is 1.92 bits per heavy atom. The molecule has 3 heterocycles. The van der Waals surface area contributed by atoms with Crippen LogP contribution in [0.5, 0.6) is 0 Å². The van der Waals surface area contributed by atoms with Crippen molar-refractivity contribution in [3.05, 3.63) is 51.7 Å². The first-order valence-corrected chi connectivity index (χ1v) is 7.77. The smallest absolute Gasteiger partial charge is 0.322 e. The highest BCUT2D eigenvalue weighted by Crippen LogP contribution is 2.23. The van der Waals surface area contributed by atoms with Gasteiger partial charge in [-0.25, -0.2) is 9.78 Å². The Balaban J connectivity index is 1.77. The van der Waals surface area contributed by atoms with E-state index in [0.29, 0.717) is 27.9 Å². The van der Waals surface area contributed by atoms with Crippen molar-refractivity contribution < 1.29 is 4.79 Å². The number of rotatable bonds is 2. The summed E-state index contributed by atoms with van der Waals surface area (Å²) in [5, 5.41) is 7.97. The summed E-state index contributed by atoms with van der Waals surface area (Å²) < 4.78 is 1.67. The molecule has 0 fully saturated rings. The van der Waals surface area contributed by atoms with Crippen LogP contribution in [0, 0.1) is 13.8 Å². The van der Waals surface area contributed by atoms with Gasteiger partial charge >= 0.3 is 5.69 Å². The lowest BCUT2D eigenvalue weighted by molar-refractivity contribution is 0.102. The van der Waals surface area contributed by atoms with E-state index in [0.717, 1.165) is 16.8 Å². The van der Waals surface area contributed by atoms with E-state index < -0.39 is 0 Å². The predicted octanol–water partition coefficient (Wildman–Crippen LogP) is 2.01. The zero-order valence-electron chi connectivity index (χ0n) is 14.0. The van der Waals surface area contributed by atoms with E-state index in [-0.39, 0.29) is 11.6 Å². The standard InChI is InChI=1S/C17H16N6O2/c1-8-6-11(14-9(2)22-23(3)15(14)18-8)16(24)19-10-4-5-12-13(7-10)21-17(25)20-12/h4-7H,1-3H3,(H,19,24)(H2,20,21,25). The maximum atomic E-state index is 12.8. The number of H-pyrrole nitrogens is 2. The van der Waals surface area contributed by atoms with Crippen LogP contribution in [0.4, 0.5) is 5.69 Å². The molecule has 1 amide bonds. The third-order valence-corrected chi connectivity index (χ3v) is 4.12. The average Bonchev–Trinajstić information content (AvgIpc) is 3.05. The Morgan fingerprint density at radius 1 is 1.16 bits per heavy atom. The van der Waals surface area contributed by atoms with Gasteiger partial charge in [0, 0.05) is 18.4 Å². The van der Waals surface area contributed by atoms with Crippen LogP contribution >= 0.6 is 0 Å². The molecule has 0 aliphatic carbocycles. The van der Waals surface area contributed by atoms with Gasteiger partial charge in [-0.1, -0.05) is 0 Å². The van der Waals surface area contributed by atoms with Crippen LogP contribution in [0.1, 0.15) is 21.7 Å². The lowest BCUT2D eigenvalue weighted by atomic mass is 10.1. The van der Waals surface area contributed by atoms with E-state index in [1.54, 1.807) is 36.0 Å². The second-order valence-corrected chi connectivity index (χ2v) is 6.01. The van der Waals surface area contributed by atoms with Gasteiger partial charge < -0.3 is 15.3 Å². The molecule has 25 heavy (non-hydrogen) atoms. The number of fused-ring (bicyclic) bond motifs is 2. The lowest BCUT2D eigenvalue weighted by Crippen LogP contribution is -2.13. The number of anilines is 1. The number of aryl methyl sites for hydroxylation is 3. The van der Waals surface area contributed by atoms with Crippen LogP contribution in [0.2, 0.25) is 0 Å². The highest BCUT2D eigenvalue weighted by atomic mass is 16.2. The number of benzene rings is 1. The number of nitrogens with zero attached hydrogens (tertiary/aromatic N) is 3. The number of hydrogen-bond donors (Lipinski definition) is 3. The van der Waals surface area contributed by atoms with E-state index in [4.69, 9.17) is 0 Å². The molecule has 0 radical (unpaired) electrons. The largest absolute Gasteiger partial charge is 0.323 e. The molecule has 0 atom stereocenters. The number of carbonyl (C=O) groups excluding carboxylic acids is 1. The van der Waals surface area contributed by atoms with Gasteiger partial charge in [0.2, 0.25) is 0 Å². The number of imidazole rings is 1. The minimum atomic E-state index is -0.282. The second-order valence-electron chi connectivity index (χ2n) is 6.01. The fourth-order valence-electron chi connectivity index (χ4n) is 3.06. The van der Waals surface area contributed by atoms with Crippen molar-refractivity contribution in [1.29, 1.82) is 0 Å². The van der Waals surface area contributed by atoms with E-state index in [1.165, 1.54) is 0 Å². The quantitative estimate of drug-likeness (QED) is 0.520. The maximum absolute atomic E-state index is 12.8. The number of pyridine rings is 1. The number of nitrogens with one attached hydrogen (secondary N) is 3. The van der Waals surface area contributed by atoms with Crippen molar-refractivity contribution in [1.82, 2.24) is 24.7 Å². The zero-order valence-corrected chi connectivity index (χ0v) is 14.0. The first-order chi connectivity index (χ1) is 11.9. The van der Waals surface area contributed by atoms with Crippen LogP contribution < -0.4 is 11.0 Å². The summed E-state index contributed by atoms with van der Waals surface area (Å²) in [6, 6.07) is 6.95. The van der Waals surface area contributed by atoms with Gasteiger partial charge in [-0.2, -0.15) is 5.10 Å². The van der Waals surface area contributed by atoms with Crippen molar-refractivity contribution in [2.24, 2.45) is 7.05 Å². The van der Waals surface area contributed by atoms with E-state index >= 15 is 0 Å². The minimum Gasteiger partial charge on any atom is -0.322 e. The van der Waals surface area contributed by atoms with E-state index in [1.807, 2.05) is 13.8 Å². The molecular formula is C17H16N6O2. The van der Waals surface area contributed by atoms with Crippen molar-refractivity contribution in [3.8, 4) is 0 Å². The van der Waals surface area contributed by atoms with Crippen molar-refractivity contribution >= 4 is 33.7 Å². The first-order valence-electron chi connectivity index (χ1n) is 7.77. The summed E-state index contributed by atoms with van der Waals surface area (Å²) in [5.74, 6) is -0.246. The van der Waals surface area contributed by atoms with Crippen LogP contribution in [0.15, 0.2) is 29.1 Å². The Labute approximate surface area is 141 Å². The molecule has 3 aromatic heterocycles. The molecule has 1 aromatic carbocycles. The van der Waals surface area contributed by atoms with Gasteiger partial charge in [0.15, 0.2) is 5.65 Å². The molecule has 0 spiro atoms. The Bertz CT molecular complexity index is 1200. The Morgan fingerprint density at radius 3 is 2.72 bits per heavy atom. The summed E-state index contributed by atoms with van der Waals surface area (Å²) in [6.45, 7) is 3.70. The molecule has 4 rings (SSSR count).